The number of carbonyl (C=O) groups is 2. The van der Waals surface area contributed by atoms with E-state index in [2.05, 4.69) is 10.3 Å². The molecule has 1 aliphatic heterocycles. The molecule has 1 aromatic heterocycles. The lowest BCUT2D eigenvalue weighted by molar-refractivity contribution is -0.127. The molecule has 1 unspecified atom stereocenters. The van der Waals surface area contributed by atoms with Gasteiger partial charge in [0.1, 0.15) is 12.6 Å². The second-order valence-corrected chi connectivity index (χ2v) is 8.07. The van der Waals surface area contributed by atoms with Gasteiger partial charge in [0.25, 0.3) is 5.91 Å². The summed E-state index contributed by atoms with van der Waals surface area (Å²) in [6.45, 7) is 7.00. The van der Waals surface area contributed by atoms with Gasteiger partial charge < -0.3 is 9.64 Å². The fraction of sp³-hybridized carbons (Fsp3) is 0.474. The van der Waals surface area contributed by atoms with Crippen molar-refractivity contribution in [3.63, 3.8) is 0 Å². The lowest BCUT2D eigenvalue weighted by Gasteiger charge is -2.32. The van der Waals surface area contributed by atoms with Gasteiger partial charge in [0.15, 0.2) is 11.5 Å². The largest absolute Gasteiger partial charge is 0.370 e. The van der Waals surface area contributed by atoms with Crippen LogP contribution in [0.25, 0.3) is 0 Å². The molecule has 0 N–H and O–H groups in total. The predicted octanol–water partition coefficient (Wildman–Crippen LogP) is 2.76. The molecular formula is C19H23ClN4O3. The van der Waals surface area contributed by atoms with Gasteiger partial charge in [-0.2, -0.15) is 0 Å². The summed E-state index contributed by atoms with van der Waals surface area (Å²) < 4.78 is 7.21. The van der Waals surface area contributed by atoms with Crippen molar-refractivity contribution in [3.8, 4) is 0 Å². The summed E-state index contributed by atoms with van der Waals surface area (Å²) in [4.78, 5) is 26.6. The number of amides is 1. The number of carbonyl (C=O) groups excluding carboxylic acids is 2. The molecule has 3 rings (SSSR count). The van der Waals surface area contributed by atoms with E-state index in [-0.39, 0.29) is 30.0 Å². The first-order valence-electron chi connectivity index (χ1n) is 8.84. The van der Waals surface area contributed by atoms with E-state index in [0.717, 1.165) is 5.56 Å². The van der Waals surface area contributed by atoms with Crippen LogP contribution in [0.5, 0.6) is 0 Å². The minimum atomic E-state index is -0.466. The Balaban J connectivity index is 1.67. The Hall–Kier alpha value is -2.25. The van der Waals surface area contributed by atoms with E-state index in [1.165, 1.54) is 10.9 Å². The number of aromatic nitrogens is 3. The number of rotatable bonds is 4. The van der Waals surface area contributed by atoms with E-state index in [4.69, 9.17) is 16.3 Å². The number of hydrogen-bond donors (Lipinski definition) is 0. The molecule has 1 atom stereocenters. The third-order valence-corrected chi connectivity index (χ3v) is 4.75. The predicted molar refractivity (Wildman–Crippen MR) is 101 cm³/mol. The van der Waals surface area contributed by atoms with E-state index in [9.17, 15) is 9.59 Å². The van der Waals surface area contributed by atoms with Crippen molar-refractivity contribution >= 4 is 23.3 Å². The van der Waals surface area contributed by atoms with Crippen LogP contribution in [0.2, 0.25) is 5.02 Å². The van der Waals surface area contributed by atoms with Crippen LogP contribution in [0, 0.1) is 5.41 Å². The molecule has 7 nitrogen and oxygen atoms in total. The minimum Gasteiger partial charge on any atom is -0.370 e. The van der Waals surface area contributed by atoms with Gasteiger partial charge in [-0.3, -0.25) is 9.59 Å². The van der Waals surface area contributed by atoms with Gasteiger partial charge in [0.05, 0.1) is 19.3 Å². The summed E-state index contributed by atoms with van der Waals surface area (Å²) >= 11 is 5.93. The van der Waals surface area contributed by atoms with Gasteiger partial charge >= 0.3 is 0 Å². The normalized spacial score (nSPS) is 17.8. The number of benzene rings is 1. The Bertz CT molecular complexity index is 826. The SMILES string of the molecule is CC(C)(C)C(=O)Cn1cc(C(=O)N2CCOC(c3ccc(Cl)cc3)C2)nn1. The minimum absolute atomic E-state index is 0.0283. The van der Waals surface area contributed by atoms with E-state index in [0.29, 0.717) is 24.7 Å². The van der Waals surface area contributed by atoms with Crippen LogP contribution >= 0.6 is 11.6 Å². The average Bonchev–Trinajstić information content (AvgIpc) is 3.09. The maximum atomic E-state index is 12.8. The second kappa shape index (κ2) is 7.78. The van der Waals surface area contributed by atoms with Crippen molar-refractivity contribution in [3.05, 3.63) is 46.7 Å². The zero-order chi connectivity index (χ0) is 19.6. The molecule has 1 aromatic carbocycles. The molecule has 144 valence electrons. The first kappa shape index (κ1) is 19.5. The standard InChI is InChI=1S/C19H23ClN4O3/c1-19(2,3)17(25)12-24-10-15(21-22-24)18(26)23-8-9-27-16(11-23)13-4-6-14(20)7-5-13/h4-7,10,16H,8-9,11-12H2,1-3H3. The van der Waals surface area contributed by atoms with Crippen molar-refractivity contribution in [2.45, 2.75) is 33.4 Å². The average molecular weight is 391 g/mol. The maximum Gasteiger partial charge on any atom is 0.276 e. The van der Waals surface area contributed by atoms with Crippen LogP contribution in [0.3, 0.4) is 0 Å². The Morgan fingerprint density at radius 3 is 2.63 bits per heavy atom. The van der Waals surface area contributed by atoms with Crippen LogP contribution in [0.1, 0.15) is 42.9 Å². The summed E-state index contributed by atoms with van der Waals surface area (Å²) in [6, 6.07) is 7.41. The van der Waals surface area contributed by atoms with Crippen molar-refractivity contribution in [2.75, 3.05) is 19.7 Å². The van der Waals surface area contributed by atoms with Crippen molar-refractivity contribution in [2.24, 2.45) is 5.41 Å². The van der Waals surface area contributed by atoms with Gasteiger partial charge in [-0.15, -0.1) is 5.10 Å². The third-order valence-electron chi connectivity index (χ3n) is 4.50. The van der Waals surface area contributed by atoms with Gasteiger partial charge in [-0.05, 0) is 17.7 Å². The van der Waals surface area contributed by atoms with Crippen molar-refractivity contribution in [1.82, 2.24) is 19.9 Å². The smallest absolute Gasteiger partial charge is 0.276 e. The number of ketones is 1. The molecule has 1 amide bonds. The van der Waals surface area contributed by atoms with Gasteiger partial charge in [0.2, 0.25) is 0 Å². The Morgan fingerprint density at radius 1 is 1.26 bits per heavy atom. The molecule has 1 aliphatic rings. The van der Waals surface area contributed by atoms with Crippen LogP contribution in [0.4, 0.5) is 0 Å². The van der Waals surface area contributed by atoms with E-state index >= 15 is 0 Å². The second-order valence-electron chi connectivity index (χ2n) is 7.64. The van der Waals surface area contributed by atoms with E-state index in [1.807, 2.05) is 32.9 Å². The summed E-state index contributed by atoms with van der Waals surface area (Å²) in [6.07, 6.45) is 1.32. The molecule has 2 aromatic rings. The molecule has 0 spiro atoms. The highest BCUT2D eigenvalue weighted by Crippen LogP contribution is 2.24. The quantitative estimate of drug-likeness (QED) is 0.802. The monoisotopic (exact) mass is 390 g/mol. The van der Waals surface area contributed by atoms with Gasteiger partial charge in [-0.25, -0.2) is 4.68 Å². The maximum absolute atomic E-state index is 12.8. The number of nitrogens with zero attached hydrogens (tertiary/aromatic N) is 4. The Morgan fingerprint density at radius 2 is 1.96 bits per heavy atom. The van der Waals surface area contributed by atoms with Gasteiger partial charge in [0, 0.05) is 17.0 Å². The lowest BCUT2D eigenvalue weighted by atomic mass is 9.91. The first-order chi connectivity index (χ1) is 12.7. The Kier molecular flexibility index (Phi) is 5.62. The molecule has 1 fully saturated rings. The molecule has 0 radical (unpaired) electrons. The highest BCUT2D eigenvalue weighted by Gasteiger charge is 2.28. The molecule has 8 heteroatoms. The lowest BCUT2D eigenvalue weighted by Crippen LogP contribution is -2.42. The fourth-order valence-electron chi connectivity index (χ4n) is 2.73. The molecule has 0 aliphatic carbocycles. The molecule has 0 saturated carbocycles. The fourth-order valence-corrected chi connectivity index (χ4v) is 2.86. The zero-order valence-corrected chi connectivity index (χ0v) is 16.4. The number of morpholine rings is 1. The molecule has 1 saturated heterocycles. The number of ether oxygens (including phenoxy) is 1. The van der Waals surface area contributed by atoms with E-state index in [1.54, 1.807) is 17.0 Å². The third kappa shape index (κ3) is 4.73. The van der Waals surface area contributed by atoms with Crippen LogP contribution < -0.4 is 0 Å². The highest BCUT2D eigenvalue weighted by atomic mass is 35.5. The molecular weight excluding hydrogens is 368 g/mol. The Labute approximate surface area is 163 Å². The zero-order valence-electron chi connectivity index (χ0n) is 15.7. The van der Waals surface area contributed by atoms with E-state index < -0.39 is 5.41 Å². The van der Waals surface area contributed by atoms with Crippen LogP contribution in [-0.4, -0.2) is 51.3 Å². The number of hydrogen-bond acceptors (Lipinski definition) is 5. The van der Waals surface area contributed by atoms with Crippen LogP contribution in [-0.2, 0) is 16.1 Å². The summed E-state index contributed by atoms with van der Waals surface area (Å²) in [7, 11) is 0. The van der Waals surface area contributed by atoms with Crippen molar-refractivity contribution in [1.29, 1.82) is 0 Å². The molecule has 27 heavy (non-hydrogen) atoms. The summed E-state index contributed by atoms with van der Waals surface area (Å²) in [5, 5.41) is 8.53. The van der Waals surface area contributed by atoms with Crippen molar-refractivity contribution < 1.29 is 14.3 Å². The first-order valence-corrected chi connectivity index (χ1v) is 9.21. The molecule has 0 bridgehead atoms. The highest BCUT2D eigenvalue weighted by molar-refractivity contribution is 6.30. The van der Waals surface area contributed by atoms with Crippen LogP contribution in [0.15, 0.2) is 30.5 Å². The summed E-state index contributed by atoms with van der Waals surface area (Å²) in [5.74, 6) is -0.188. The topological polar surface area (TPSA) is 77.3 Å². The van der Waals surface area contributed by atoms with Gasteiger partial charge in [-0.1, -0.05) is 49.7 Å². The molecule has 2 heterocycles. The number of Topliss-reactive ketones (excluding diaryl/α,β-unsaturated/α-hetero) is 1. The number of halogens is 1. The summed E-state index contributed by atoms with van der Waals surface area (Å²) in [5.41, 5.74) is 0.733.